The van der Waals surface area contributed by atoms with E-state index in [-0.39, 0.29) is 11.6 Å². The topological polar surface area (TPSA) is 74.2 Å². The van der Waals surface area contributed by atoms with E-state index in [4.69, 9.17) is 15.0 Å². The van der Waals surface area contributed by atoms with Gasteiger partial charge in [-0.2, -0.15) is 4.98 Å². The van der Waals surface area contributed by atoms with Gasteiger partial charge in [-0.15, -0.1) is 0 Å². The van der Waals surface area contributed by atoms with E-state index in [0.717, 1.165) is 31.4 Å². The SMILES string of the molecule is CC1(c2noc(CCC(N)c3ccccc3)n2)CCCO1. The van der Waals surface area contributed by atoms with Gasteiger partial charge in [0.2, 0.25) is 11.7 Å². The summed E-state index contributed by atoms with van der Waals surface area (Å²) in [5.41, 5.74) is 6.93. The highest BCUT2D eigenvalue weighted by atomic mass is 16.5. The van der Waals surface area contributed by atoms with Crippen LogP contribution in [0.5, 0.6) is 0 Å². The molecule has 0 spiro atoms. The third-order valence-electron chi connectivity index (χ3n) is 4.06. The maximum atomic E-state index is 6.18. The van der Waals surface area contributed by atoms with Crippen molar-refractivity contribution in [1.82, 2.24) is 10.1 Å². The highest BCUT2D eigenvalue weighted by molar-refractivity contribution is 5.18. The molecule has 2 unspecified atom stereocenters. The lowest BCUT2D eigenvalue weighted by atomic mass is 10.0. The Balaban J connectivity index is 1.60. The maximum Gasteiger partial charge on any atom is 0.226 e. The summed E-state index contributed by atoms with van der Waals surface area (Å²) >= 11 is 0. The fourth-order valence-electron chi connectivity index (χ4n) is 2.67. The van der Waals surface area contributed by atoms with Crippen molar-refractivity contribution in [2.75, 3.05) is 6.61 Å². The standard InChI is InChI=1S/C16H21N3O2/c1-16(10-5-11-20-16)15-18-14(21-19-15)9-8-13(17)12-6-3-2-4-7-12/h2-4,6-7,13H,5,8-11,17H2,1H3. The molecule has 0 radical (unpaired) electrons. The monoisotopic (exact) mass is 287 g/mol. The Morgan fingerprint density at radius 1 is 1.33 bits per heavy atom. The molecule has 0 bridgehead atoms. The van der Waals surface area contributed by atoms with Gasteiger partial charge in [-0.25, -0.2) is 0 Å². The molecule has 1 aliphatic heterocycles. The third kappa shape index (κ3) is 3.14. The van der Waals surface area contributed by atoms with Crippen LogP contribution < -0.4 is 5.73 Å². The average molecular weight is 287 g/mol. The first-order chi connectivity index (χ1) is 10.2. The molecule has 0 saturated carbocycles. The molecule has 2 N–H and O–H groups in total. The molecule has 0 aliphatic carbocycles. The van der Waals surface area contributed by atoms with Crippen LogP contribution in [0, 0.1) is 0 Å². The van der Waals surface area contributed by atoms with E-state index in [0.29, 0.717) is 18.1 Å². The van der Waals surface area contributed by atoms with Gasteiger partial charge in [0.15, 0.2) is 0 Å². The summed E-state index contributed by atoms with van der Waals surface area (Å²) in [5.74, 6) is 1.29. The fraction of sp³-hybridized carbons (Fsp3) is 0.500. The van der Waals surface area contributed by atoms with Gasteiger partial charge in [-0.05, 0) is 31.7 Å². The zero-order valence-electron chi connectivity index (χ0n) is 12.3. The number of ether oxygens (including phenoxy) is 1. The van der Waals surface area contributed by atoms with E-state index in [1.807, 2.05) is 37.3 Å². The van der Waals surface area contributed by atoms with Crippen LogP contribution in [0.1, 0.15) is 49.5 Å². The van der Waals surface area contributed by atoms with Crippen molar-refractivity contribution >= 4 is 0 Å². The Kier molecular flexibility index (Phi) is 4.03. The van der Waals surface area contributed by atoms with E-state index < -0.39 is 0 Å². The van der Waals surface area contributed by atoms with Gasteiger partial charge in [0.05, 0.1) is 0 Å². The minimum Gasteiger partial charge on any atom is -0.367 e. The summed E-state index contributed by atoms with van der Waals surface area (Å²) in [6.07, 6.45) is 3.44. The number of rotatable bonds is 5. The molecule has 1 aliphatic rings. The Bertz CT molecular complexity index is 576. The molecule has 5 nitrogen and oxygen atoms in total. The van der Waals surface area contributed by atoms with Crippen molar-refractivity contribution in [2.24, 2.45) is 5.73 Å². The van der Waals surface area contributed by atoms with Crippen molar-refractivity contribution in [3.63, 3.8) is 0 Å². The Morgan fingerprint density at radius 2 is 2.14 bits per heavy atom. The molecule has 112 valence electrons. The van der Waals surface area contributed by atoms with Gasteiger partial charge in [0.25, 0.3) is 0 Å². The summed E-state index contributed by atoms with van der Waals surface area (Å²) in [5, 5.41) is 4.07. The minimum absolute atomic E-state index is 0.0140. The normalized spacial score (nSPS) is 23.3. The highest BCUT2D eigenvalue weighted by Crippen LogP contribution is 2.33. The first-order valence-corrected chi connectivity index (χ1v) is 7.45. The van der Waals surface area contributed by atoms with Crippen LogP contribution >= 0.6 is 0 Å². The van der Waals surface area contributed by atoms with Crippen LogP contribution in [0.3, 0.4) is 0 Å². The van der Waals surface area contributed by atoms with Gasteiger partial charge in [0.1, 0.15) is 5.60 Å². The lowest BCUT2D eigenvalue weighted by Gasteiger charge is -2.17. The van der Waals surface area contributed by atoms with Crippen LogP contribution in [0.4, 0.5) is 0 Å². The number of hydrogen-bond acceptors (Lipinski definition) is 5. The van der Waals surface area contributed by atoms with Crippen molar-refractivity contribution in [3.8, 4) is 0 Å². The third-order valence-corrected chi connectivity index (χ3v) is 4.06. The molecule has 0 amide bonds. The van der Waals surface area contributed by atoms with Crippen LogP contribution in [0.15, 0.2) is 34.9 Å². The van der Waals surface area contributed by atoms with Crippen LogP contribution in [0.25, 0.3) is 0 Å². The van der Waals surface area contributed by atoms with E-state index >= 15 is 0 Å². The largest absolute Gasteiger partial charge is 0.367 e. The second-order valence-electron chi connectivity index (χ2n) is 5.75. The van der Waals surface area contributed by atoms with Crippen molar-refractivity contribution in [3.05, 3.63) is 47.6 Å². The quantitative estimate of drug-likeness (QED) is 0.915. The Morgan fingerprint density at radius 3 is 2.86 bits per heavy atom. The molecule has 1 aromatic carbocycles. The lowest BCUT2D eigenvalue weighted by Crippen LogP contribution is -2.21. The van der Waals surface area contributed by atoms with E-state index in [9.17, 15) is 0 Å². The smallest absolute Gasteiger partial charge is 0.226 e. The van der Waals surface area contributed by atoms with Gasteiger partial charge in [0, 0.05) is 19.1 Å². The first kappa shape index (κ1) is 14.2. The number of hydrogen-bond donors (Lipinski definition) is 1. The zero-order chi connectivity index (χ0) is 14.7. The van der Waals surface area contributed by atoms with Crippen LogP contribution in [0.2, 0.25) is 0 Å². The van der Waals surface area contributed by atoms with Crippen molar-refractivity contribution < 1.29 is 9.26 Å². The number of aromatic nitrogens is 2. The first-order valence-electron chi connectivity index (χ1n) is 7.45. The lowest BCUT2D eigenvalue weighted by molar-refractivity contribution is 0.00768. The second-order valence-corrected chi connectivity index (χ2v) is 5.75. The number of nitrogens with zero attached hydrogens (tertiary/aromatic N) is 2. The molecule has 1 fully saturated rings. The molecular formula is C16H21N3O2. The van der Waals surface area contributed by atoms with Gasteiger partial charge < -0.3 is 15.0 Å². The molecule has 2 aromatic rings. The molecule has 1 aromatic heterocycles. The fourth-order valence-corrected chi connectivity index (χ4v) is 2.67. The Hall–Kier alpha value is -1.72. The van der Waals surface area contributed by atoms with Crippen LogP contribution in [-0.4, -0.2) is 16.7 Å². The zero-order valence-corrected chi connectivity index (χ0v) is 12.3. The van der Waals surface area contributed by atoms with E-state index in [2.05, 4.69) is 10.1 Å². The summed E-state index contributed by atoms with van der Waals surface area (Å²) < 4.78 is 11.1. The van der Waals surface area contributed by atoms with Crippen molar-refractivity contribution in [1.29, 1.82) is 0 Å². The molecular weight excluding hydrogens is 266 g/mol. The highest BCUT2D eigenvalue weighted by Gasteiger charge is 2.36. The average Bonchev–Trinajstić information content (AvgIpc) is 3.15. The van der Waals surface area contributed by atoms with Crippen LogP contribution in [-0.2, 0) is 16.8 Å². The molecule has 1 saturated heterocycles. The molecule has 2 heterocycles. The number of nitrogens with two attached hydrogens (primary N) is 1. The summed E-state index contributed by atoms with van der Waals surface area (Å²) in [6, 6.07) is 10.0. The molecule has 21 heavy (non-hydrogen) atoms. The second kappa shape index (κ2) is 5.95. The Labute approximate surface area is 124 Å². The molecule has 5 heteroatoms. The minimum atomic E-state index is -0.386. The summed E-state index contributed by atoms with van der Waals surface area (Å²) in [6.45, 7) is 2.78. The van der Waals surface area contributed by atoms with E-state index in [1.165, 1.54) is 0 Å². The summed E-state index contributed by atoms with van der Waals surface area (Å²) in [4.78, 5) is 4.47. The van der Waals surface area contributed by atoms with Gasteiger partial charge in [-0.1, -0.05) is 35.5 Å². The molecule has 3 rings (SSSR count). The van der Waals surface area contributed by atoms with Crippen molar-refractivity contribution in [2.45, 2.75) is 44.2 Å². The predicted octanol–water partition coefficient (Wildman–Crippen LogP) is 2.73. The van der Waals surface area contributed by atoms with E-state index in [1.54, 1.807) is 0 Å². The number of aryl methyl sites for hydroxylation is 1. The van der Waals surface area contributed by atoms with Gasteiger partial charge in [-0.3, -0.25) is 0 Å². The summed E-state index contributed by atoms with van der Waals surface area (Å²) in [7, 11) is 0. The predicted molar refractivity (Wildman–Crippen MR) is 78.5 cm³/mol. The number of benzene rings is 1. The van der Waals surface area contributed by atoms with Gasteiger partial charge >= 0.3 is 0 Å². The maximum absolute atomic E-state index is 6.18. The molecule has 2 atom stereocenters.